The van der Waals surface area contributed by atoms with E-state index in [1.807, 2.05) is 11.5 Å². The molecular formula is C24H17BrClN3O5. The number of imide groups is 2. The minimum Gasteiger partial charge on any atom is -0.478 e. The largest absolute Gasteiger partial charge is 0.478 e. The molecule has 4 rings (SSSR count). The van der Waals surface area contributed by atoms with Crippen LogP contribution < -0.4 is 10.2 Å². The lowest BCUT2D eigenvalue weighted by Gasteiger charge is -2.26. The van der Waals surface area contributed by atoms with Crippen LogP contribution in [-0.2, 0) is 9.59 Å². The molecule has 172 valence electrons. The van der Waals surface area contributed by atoms with Crippen molar-refractivity contribution in [3.8, 4) is 5.69 Å². The molecule has 8 nitrogen and oxygen atoms in total. The average Bonchev–Trinajstić information content (AvgIpc) is 3.03. The number of aryl methyl sites for hydroxylation is 1. The molecule has 0 unspecified atom stereocenters. The lowest BCUT2D eigenvalue weighted by atomic mass is 10.1. The summed E-state index contributed by atoms with van der Waals surface area (Å²) in [4.78, 5) is 50.3. The highest BCUT2D eigenvalue weighted by Gasteiger charge is 2.37. The number of urea groups is 1. The van der Waals surface area contributed by atoms with E-state index in [1.165, 1.54) is 18.2 Å². The van der Waals surface area contributed by atoms with Crippen LogP contribution in [0.4, 0.5) is 10.5 Å². The van der Waals surface area contributed by atoms with Gasteiger partial charge >= 0.3 is 12.0 Å². The SMILES string of the molecule is Cc1cc(/C=C2\C(=O)NC(=O)N(c3cccc(Br)c3)C2=O)c(C)n1-c1ccc(C(=O)O)c(Cl)c1. The summed E-state index contributed by atoms with van der Waals surface area (Å²) < 4.78 is 2.50. The maximum absolute atomic E-state index is 13.2. The van der Waals surface area contributed by atoms with Gasteiger partial charge < -0.3 is 9.67 Å². The van der Waals surface area contributed by atoms with Gasteiger partial charge in [-0.2, -0.15) is 0 Å². The summed E-state index contributed by atoms with van der Waals surface area (Å²) in [6.45, 7) is 3.62. The van der Waals surface area contributed by atoms with Crippen LogP contribution in [0.25, 0.3) is 11.8 Å². The Hall–Kier alpha value is -3.69. The first kappa shape index (κ1) is 23.5. The molecule has 10 heteroatoms. The summed E-state index contributed by atoms with van der Waals surface area (Å²) in [7, 11) is 0. The number of anilines is 1. The molecule has 34 heavy (non-hydrogen) atoms. The van der Waals surface area contributed by atoms with Crippen LogP contribution in [0.3, 0.4) is 0 Å². The van der Waals surface area contributed by atoms with Crippen molar-refractivity contribution in [1.29, 1.82) is 0 Å². The zero-order valence-electron chi connectivity index (χ0n) is 17.9. The molecule has 1 aromatic heterocycles. The summed E-state index contributed by atoms with van der Waals surface area (Å²) in [5, 5.41) is 11.5. The van der Waals surface area contributed by atoms with Crippen LogP contribution in [0.2, 0.25) is 5.02 Å². The molecule has 0 radical (unpaired) electrons. The lowest BCUT2D eigenvalue weighted by molar-refractivity contribution is -0.122. The number of carbonyl (C=O) groups excluding carboxylic acids is 3. The van der Waals surface area contributed by atoms with Crippen LogP contribution in [0, 0.1) is 13.8 Å². The standard InChI is InChI=1S/C24H17BrClN3O5/c1-12-8-14(13(2)28(12)17-6-7-18(23(32)33)20(26)11-17)9-19-21(30)27-24(34)29(22(19)31)16-5-3-4-15(25)10-16/h3-11H,1-2H3,(H,32,33)(H,27,30,34)/b19-9+. The summed E-state index contributed by atoms with van der Waals surface area (Å²) in [5.74, 6) is -2.67. The van der Waals surface area contributed by atoms with Gasteiger partial charge in [0, 0.05) is 21.5 Å². The highest BCUT2D eigenvalue weighted by Crippen LogP contribution is 2.28. The van der Waals surface area contributed by atoms with E-state index in [4.69, 9.17) is 11.6 Å². The number of aromatic nitrogens is 1. The highest BCUT2D eigenvalue weighted by molar-refractivity contribution is 9.10. The van der Waals surface area contributed by atoms with Crippen molar-refractivity contribution in [3.63, 3.8) is 0 Å². The number of hydrogen-bond acceptors (Lipinski definition) is 4. The molecule has 4 amide bonds. The Morgan fingerprint density at radius 2 is 1.79 bits per heavy atom. The van der Waals surface area contributed by atoms with Gasteiger partial charge in [-0.15, -0.1) is 0 Å². The van der Waals surface area contributed by atoms with Crippen molar-refractivity contribution in [1.82, 2.24) is 9.88 Å². The molecule has 0 spiro atoms. The Balaban J connectivity index is 1.76. The third kappa shape index (κ3) is 4.15. The first-order chi connectivity index (χ1) is 16.1. The lowest BCUT2D eigenvalue weighted by Crippen LogP contribution is -2.54. The van der Waals surface area contributed by atoms with Gasteiger partial charge in [-0.1, -0.05) is 33.6 Å². The van der Waals surface area contributed by atoms with Crippen LogP contribution >= 0.6 is 27.5 Å². The predicted octanol–water partition coefficient (Wildman–Crippen LogP) is 4.87. The highest BCUT2D eigenvalue weighted by atomic mass is 79.9. The maximum atomic E-state index is 13.2. The van der Waals surface area contributed by atoms with E-state index in [0.29, 0.717) is 27.1 Å². The fraction of sp³-hybridized carbons (Fsp3) is 0.0833. The summed E-state index contributed by atoms with van der Waals surface area (Å²) in [5.41, 5.74) is 2.77. The number of rotatable bonds is 4. The van der Waals surface area contributed by atoms with Crippen molar-refractivity contribution in [2.45, 2.75) is 13.8 Å². The summed E-state index contributed by atoms with van der Waals surface area (Å²) in [6, 6.07) is 12.1. The van der Waals surface area contributed by atoms with Gasteiger partial charge in [-0.25, -0.2) is 14.5 Å². The number of benzene rings is 2. The smallest absolute Gasteiger partial charge is 0.337 e. The maximum Gasteiger partial charge on any atom is 0.337 e. The predicted molar refractivity (Wildman–Crippen MR) is 130 cm³/mol. The van der Waals surface area contributed by atoms with Crippen molar-refractivity contribution in [3.05, 3.63) is 86.1 Å². The molecule has 2 aromatic carbocycles. The molecule has 0 saturated carbocycles. The van der Waals surface area contributed by atoms with E-state index >= 15 is 0 Å². The van der Waals surface area contributed by atoms with Crippen LogP contribution in [0.5, 0.6) is 0 Å². The number of halogens is 2. The molecule has 1 aliphatic heterocycles. The third-order valence-corrected chi connectivity index (χ3v) is 6.19. The van der Waals surface area contributed by atoms with Gasteiger partial charge in [0.1, 0.15) is 5.57 Å². The van der Waals surface area contributed by atoms with Gasteiger partial charge in [-0.3, -0.25) is 14.9 Å². The van der Waals surface area contributed by atoms with Crippen molar-refractivity contribution in [2.75, 3.05) is 4.90 Å². The third-order valence-electron chi connectivity index (χ3n) is 5.38. The number of carboxylic acid groups (broad SMARTS) is 1. The normalized spacial score (nSPS) is 15.1. The van der Waals surface area contributed by atoms with Crippen LogP contribution in [-0.4, -0.2) is 33.5 Å². The number of aromatic carboxylic acids is 1. The number of carbonyl (C=O) groups is 4. The first-order valence-electron chi connectivity index (χ1n) is 9.97. The molecule has 1 fully saturated rings. The monoisotopic (exact) mass is 541 g/mol. The summed E-state index contributed by atoms with van der Waals surface area (Å²) in [6.07, 6.45) is 1.43. The van der Waals surface area contributed by atoms with Gasteiger partial charge in [0.2, 0.25) is 0 Å². The quantitative estimate of drug-likeness (QED) is 0.361. The molecular weight excluding hydrogens is 526 g/mol. The molecule has 0 aliphatic carbocycles. The average molecular weight is 543 g/mol. The van der Waals surface area contributed by atoms with Crippen molar-refractivity contribution >= 4 is 63.1 Å². The van der Waals surface area contributed by atoms with Gasteiger partial charge in [0.15, 0.2) is 0 Å². The van der Waals surface area contributed by atoms with Crippen molar-refractivity contribution in [2.24, 2.45) is 0 Å². The van der Waals surface area contributed by atoms with Gasteiger partial charge in [0.25, 0.3) is 11.8 Å². The number of nitrogens with one attached hydrogen (secondary N) is 1. The number of hydrogen-bond donors (Lipinski definition) is 2. The Bertz CT molecular complexity index is 1430. The Kier molecular flexibility index (Phi) is 6.16. The number of amides is 4. The zero-order valence-corrected chi connectivity index (χ0v) is 20.3. The van der Waals surface area contributed by atoms with Gasteiger partial charge in [0.05, 0.1) is 16.3 Å². The molecule has 0 atom stereocenters. The van der Waals surface area contributed by atoms with Crippen molar-refractivity contribution < 1.29 is 24.3 Å². The second-order valence-corrected chi connectivity index (χ2v) is 8.89. The number of carboxylic acids is 1. The van der Waals surface area contributed by atoms with E-state index in [9.17, 15) is 24.3 Å². The fourth-order valence-corrected chi connectivity index (χ4v) is 4.45. The molecule has 1 saturated heterocycles. The number of barbiturate groups is 1. The van der Waals surface area contributed by atoms with Crippen LogP contribution in [0.15, 0.2) is 58.6 Å². The van der Waals surface area contributed by atoms with E-state index < -0.39 is 23.8 Å². The first-order valence-corrected chi connectivity index (χ1v) is 11.1. The second-order valence-electron chi connectivity index (χ2n) is 7.57. The molecule has 3 aromatic rings. The molecule has 1 aliphatic rings. The Morgan fingerprint density at radius 1 is 1.06 bits per heavy atom. The molecule has 2 N–H and O–H groups in total. The Labute approximate surface area is 207 Å². The minimum atomic E-state index is -1.13. The van der Waals surface area contributed by atoms with Gasteiger partial charge in [-0.05, 0) is 68.0 Å². The van der Waals surface area contributed by atoms with E-state index in [0.717, 1.165) is 10.6 Å². The minimum absolute atomic E-state index is 0.0167. The summed E-state index contributed by atoms with van der Waals surface area (Å²) >= 11 is 9.45. The molecule has 2 heterocycles. The Morgan fingerprint density at radius 3 is 2.44 bits per heavy atom. The molecule has 0 bridgehead atoms. The topological polar surface area (TPSA) is 109 Å². The second kappa shape index (κ2) is 8.92. The van der Waals surface area contributed by atoms with Crippen LogP contribution in [0.1, 0.15) is 27.3 Å². The number of nitrogens with zero attached hydrogens (tertiary/aromatic N) is 2. The van der Waals surface area contributed by atoms with E-state index in [2.05, 4.69) is 21.2 Å². The fourth-order valence-electron chi connectivity index (χ4n) is 3.81. The van der Waals surface area contributed by atoms with E-state index in [-0.39, 0.29) is 16.2 Å². The zero-order chi connectivity index (χ0) is 24.7. The van der Waals surface area contributed by atoms with E-state index in [1.54, 1.807) is 43.3 Å².